The zero-order valence-corrected chi connectivity index (χ0v) is 14.4. The Kier molecular flexibility index (Phi) is 5.22. The molecule has 1 aromatic heterocycles. The first kappa shape index (κ1) is 16.2. The van der Waals surface area contributed by atoms with Gasteiger partial charge in [-0.2, -0.15) is 0 Å². The SMILES string of the molecule is CC(C)(C)OC(=O)N1CCN(Cc2cncc(Br)c2)CC1. The van der Waals surface area contributed by atoms with Gasteiger partial charge in [0.05, 0.1) is 0 Å². The number of nitrogens with zero attached hydrogens (tertiary/aromatic N) is 3. The number of ether oxygens (including phenoxy) is 1. The van der Waals surface area contributed by atoms with Gasteiger partial charge in [0.15, 0.2) is 0 Å². The maximum Gasteiger partial charge on any atom is 0.410 e. The number of rotatable bonds is 2. The molecule has 0 radical (unpaired) electrons. The maximum atomic E-state index is 12.0. The second-order valence-corrected chi connectivity index (χ2v) is 7.17. The molecule has 1 aromatic rings. The van der Waals surface area contributed by atoms with E-state index in [0.717, 1.165) is 24.1 Å². The number of halogens is 1. The number of carbonyl (C=O) groups excluding carboxylic acids is 1. The summed E-state index contributed by atoms with van der Waals surface area (Å²) in [5.41, 5.74) is 0.742. The van der Waals surface area contributed by atoms with E-state index in [9.17, 15) is 4.79 Å². The number of aromatic nitrogens is 1. The van der Waals surface area contributed by atoms with Crippen molar-refractivity contribution in [3.63, 3.8) is 0 Å². The lowest BCUT2D eigenvalue weighted by molar-refractivity contribution is 0.0139. The van der Waals surface area contributed by atoms with Crippen molar-refractivity contribution in [2.24, 2.45) is 0 Å². The predicted octanol–water partition coefficient (Wildman–Crippen LogP) is 2.90. The molecule has 0 spiro atoms. The van der Waals surface area contributed by atoms with Crippen LogP contribution in [0.25, 0.3) is 0 Å². The van der Waals surface area contributed by atoms with E-state index >= 15 is 0 Å². The Bertz CT molecular complexity index is 494. The molecule has 1 amide bonds. The minimum Gasteiger partial charge on any atom is -0.444 e. The van der Waals surface area contributed by atoms with E-state index in [1.807, 2.05) is 27.0 Å². The summed E-state index contributed by atoms with van der Waals surface area (Å²) in [4.78, 5) is 20.3. The van der Waals surface area contributed by atoms with Gasteiger partial charge in [0.25, 0.3) is 0 Å². The molecule has 1 fully saturated rings. The highest BCUT2D eigenvalue weighted by Crippen LogP contribution is 2.15. The quantitative estimate of drug-likeness (QED) is 0.818. The van der Waals surface area contributed by atoms with Gasteiger partial charge in [-0.15, -0.1) is 0 Å². The van der Waals surface area contributed by atoms with Gasteiger partial charge in [-0.05, 0) is 48.3 Å². The molecule has 0 unspecified atom stereocenters. The molecule has 5 nitrogen and oxygen atoms in total. The third-order valence-corrected chi connectivity index (χ3v) is 3.63. The van der Waals surface area contributed by atoms with E-state index in [4.69, 9.17) is 4.74 Å². The van der Waals surface area contributed by atoms with Gasteiger partial charge in [0.1, 0.15) is 5.60 Å². The Morgan fingerprint density at radius 2 is 1.95 bits per heavy atom. The lowest BCUT2D eigenvalue weighted by atomic mass is 10.2. The highest BCUT2D eigenvalue weighted by atomic mass is 79.9. The molecule has 0 bridgehead atoms. The Labute approximate surface area is 134 Å². The van der Waals surface area contributed by atoms with Crippen molar-refractivity contribution in [3.05, 3.63) is 28.5 Å². The fourth-order valence-electron chi connectivity index (χ4n) is 2.22. The van der Waals surface area contributed by atoms with Gasteiger partial charge in [0.2, 0.25) is 0 Å². The molecule has 2 rings (SSSR count). The van der Waals surface area contributed by atoms with Gasteiger partial charge in [0, 0.05) is 49.6 Å². The summed E-state index contributed by atoms with van der Waals surface area (Å²) < 4.78 is 6.39. The average molecular weight is 356 g/mol. The minimum absolute atomic E-state index is 0.216. The molecule has 21 heavy (non-hydrogen) atoms. The van der Waals surface area contributed by atoms with Crippen LogP contribution in [0.3, 0.4) is 0 Å². The molecule has 1 aliphatic rings. The standard InChI is InChI=1S/C15H22BrN3O2/c1-15(2,3)21-14(20)19-6-4-18(5-7-19)11-12-8-13(16)10-17-9-12/h8-10H,4-7,11H2,1-3H3. The normalized spacial score (nSPS) is 16.9. The predicted molar refractivity (Wildman–Crippen MR) is 85.0 cm³/mol. The first-order chi connectivity index (χ1) is 9.83. The molecular weight excluding hydrogens is 334 g/mol. The number of amides is 1. The van der Waals surface area contributed by atoms with Gasteiger partial charge < -0.3 is 9.64 Å². The fraction of sp³-hybridized carbons (Fsp3) is 0.600. The van der Waals surface area contributed by atoms with Gasteiger partial charge in [-0.1, -0.05) is 0 Å². The number of pyridine rings is 1. The lowest BCUT2D eigenvalue weighted by Gasteiger charge is -2.35. The largest absolute Gasteiger partial charge is 0.444 e. The van der Waals surface area contributed by atoms with Crippen molar-refractivity contribution in [1.29, 1.82) is 0 Å². The zero-order valence-electron chi connectivity index (χ0n) is 12.8. The van der Waals surface area contributed by atoms with Crippen molar-refractivity contribution in [2.75, 3.05) is 26.2 Å². The molecule has 116 valence electrons. The van der Waals surface area contributed by atoms with Gasteiger partial charge in [-0.25, -0.2) is 4.79 Å². The van der Waals surface area contributed by atoms with E-state index in [1.54, 1.807) is 11.1 Å². The third-order valence-electron chi connectivity index (χ3n) is 3.19. The summed E-state index contributed by atoms with van der Waals surface area (Å²) in [5, 5.41) is 0. The van der Waals surface area contributed by atoms with Crippen LogP contribution in [0.5, 0.6) is 0 Å². The topological polar surface area (TPSA) is 45.7 Å². The highest BCUT2D eigenvalue weighted by molar-refractivity contribution is 9.10. The number of piperazine rings is 1. The molecule has 6 heteroatoms. The number of carbonyl (C=O) groups is 1. The monoisotopic (exact) mass is 355 g/mol. The van der Waals surface area contributed by atoms with Crippen molar-refractivity contribution in [3.8, 4) is 0 Å². The minimum atomic E-state index is -0.434. The molecule has 1 saturated heterocycles. The third kappa shape index (κ3) is 5.28. The summed E-state index contributed by atoms with van der Waals surface area (Å²) in [6, 6.07) is 2.08. The van der Waals surface area contributed by atoms with Crippen LogP contribution in [0.2, 0.25) is 0 Å². The summed E-state index contributed by atoms with van der Waals surface area (Å²) in [6.07, 6.45) is 3.45. The Hall–Kier alpha value is -1.14. The molecule has 0 aromatic carbocycles. The summed E-state index contributed by atoms with van der Waals surface area (Å²) in [7, 11) is 0. The Morgan fingerprint density at radius 3 is 2.52 bits per heavy atom. The summed E-state index contributed by atoms with van der Waals surface area (Å²) in [5.74, 6) is 0. The van der Waals surface area contributed by atoms with E-state index < -0.39 is 5.60 Å². The van der Waals surface area contributed by atoms with E-state index in [-0.39, 0.29) is 6.09 Å². The molecular formula is C15H22BrN3O2. The van der Waals surface area contributed by atoms with Gasteiger partial charge >= 0.3 is 6.09 Å². The highest BCUT2D eigenvalue weighted by Gasteiger charge is 2.25. The van der Waals surface area contributed by atoms with Crippen LogP contribution in [0.15, 0.2) is 22.9 Å². The molecule has 0 saturated carbocycles. The second kappa shape index (κ2) is 6.75. The van der Waals surface area contributed by atoms with Crippen LogP contribution < -0.4 is 0 Å². The van der Waals surface area contributed by atoms with Gasteiger partial charge in [-0.3, -0.25) is 9.88 Å². The molecule has 0 atom stereocenters. The van der Waals surface area contributed by atoms with Crippen LogP contribution in [0, 0.1) is 0 Å². The van der Waals surface area contributed by atoms with Crippen LogP contribution in [0.1, 0.15) is 26.3 Å². The Balaban J connectivity index is 1.82. The number of hydrogen-bond acceptors (Lipinski definition) is 4. The van der Waals surface area contributed by atoms with Crippen molar-refractivity contribution in [2.45, 2.75) is 32.9 Å². The van der Waals surface area contributed by atoms with E-state index in [1.165, 1.54) is 5.56 Å². The smallest absolute Gasteiger partial charge is 0.410 e. The van der Waals surface area contributed by atoms with Crippen molar-refractivity contribution < 1.29 is 9.53 Å². The van der Waals surface area contributed by atoms with Crippen molar-refractivity contribution in [1.82, 2.24) is 14.8 Å². The summed E-state index contributed by atoms with van der Waals surface area (Å²) >= 11 is 3.43. The average Bonchev–Trinajstić information content (AvgIpc) is 2.37. The maximum absolute atomic E-state index is 12.0. The number of hydrogen-bond donors (Lipinski definition) is 0. The summed E-state index contributed by atoms with van der Waals surface area (Å²) in [6.45, 7) is 9.64. The van der Waals surface area contributed by atoms with Crippen LogP contribution in [-0.4, -0.2) is 52.7 Å². The molecule has 2 heterocycles. The molecule has 1 aliphatic heterocycles. The first-order valence-corrected chi connectivity index (χ1v) is 7.92. The second-order valence-electron chi connectivity index (χ2n) is 6.25. The first-order valence-electron chi connectivity index (χ1n) is 7.13. The van der Waals surface area contributed by atoms with Crippen LogP contribution >= 0.6 is 15.9 Å². The molecule has 0 N–H and O–H groups in total. The lowest BCUT2D eigenvalue weighted by Crippen LogP contribution is -2.49. The van der Waals surface area contributed by atoms with E-state index in [0.29, 0.717) is 13.1 Å². The van der Waals surface area contributed by atoms with Crippen LogP contribution in [-0.2, 0) is 11.3 Å². The van der Waals surface area contributed by atoms with Crippen molar-refractivity contribution >= 4 is 22.0 Å². The Morgan fingerprint density at radius 1 is 1.29 bits per heavy atom. The van der Waals surface area contributed by atoms with E-state index in [2.05, 4.69) is 31.9 Å². The fourth-order valence-corrected chi connectivity index (χ4v) is 2.63. The molecule has 0 aliphatic carbocycles. The van der Waals surface area contributed by atoms with Crippen LogP contribution in [0.4, 0.5) is 4.79 Å². The zero-order chi connectivity index (χ0) is 15.5.